The molecule has 0 saturated heterocycles. The van der Waals surface area contributed by atoms with Gasteiger partial charge >= 0.3 is 0 Å². The lowest BCUT2D eigenvalue weighted by molar-refractivity contribution is -0.118. The zero-order valence-electron chi connectivity index (χ0n) is 12.7. The zero-order chi connectivity index (χ0) is 14.5. The van der Waals surface area contributed by atoms with Gasteiger partial charge in [0.1, 0.15) is 17.6 Å². The van der Waals surface area contributed by atoms with Gasteiger partial charge in [-0.3, -0.25) is 4.79 Å². The third-order valence-corrected chi connectivity index (χ3v) is 3.69. The number of hydrogen-bond donors (Lipinski definition) is 1. The van der Waals surface area contributed by atoms with E-state index in [0.29, 0.717) is 31.0 Å². The van der Waals surface area contributed by atoms with Gasteiger partial charge in [-0.05, 0) is 30.5 Å². The van der Waals surface area contributed by atoms with E-state index >= 15 is 0 Å². The maximum atomic E-state index is 11.4. The van der Waals surface area contributed by atoms with Crippen LogP contribution in [-0.2, 0) is 11.2 Å². The molecule has 0 radical (unpaired) electrons. The molecule has 1 aliphatic carbocycles. The fourth-order valence-electron chi connectivity index (χ4n) is 2.50. The highest BCUT2D eigenvalue weighted by molar-refractivity contribution is 5.80. The predicted octanol–water partition coefficient (Wildman–Crippen LogP) is 3.12. The Morgan fingerprint density at radius 2 is 1.95 bits per heavy atom. The van der Waals surface area contributed by atoms with Gasteiger partial charge in [0.25, 0.3) is 0 Å². The fourth-order valence-corrected chi connectivity index (χ4v) is 2.50. The average molecular weight is 275 g/mol. The Hall–Kier alpha value is -1.35. The van der Waals surface area contributed by atoms with E-state index in [-0.39, 0.29) is 5.78 Å². The average Bonchev–Trinajstić information content (AvgIpc) is 2.37. The second-order valence-corrected chi connectivity index (χ2v) is 5.94. The Kier molecular flexibility index (Phi) is 5.18. The van der Waals surface area contributed by atoms with Gasteiger partial charge in [-0.2, -0.15) is 0 Å². The van der Waals surface area contributed by atoms with E-state index in [0.717, 1.165) is 24.2 Å². The normalized spacial score (nSPS) is 21.6. The minimum atomic E-state index is 0.278. The van der Waals surface area contributed by atoms with Gasteiger partial charge < -0.3 is 10.1 Å². The Balaban J connectivity index is 1.76. The predicted molar refractivity (Wildman–Crippen MR) is 81.2 cm³/mol. The number of rotatable bonds is 7. The van der Waals surface area contributed by atoms with Crippen molar-refractivity contribution in [2.24, 2.45) is 0 Å². The first-order valence-corrected chi connectivity index (χ1v) is 7.60. The van der Waals surface area contributed by atoms with Crippen LogP contribution in [0.25, 0.3) is 0 Å². The highest BCUT2D eigenvalue weighted by Crippen LogP contribution is 2.26. The van der Waals surface area contributed by atoms with Gasteiger partial charge in [-0.25, -0.2) is 0 Å². The van der Waals surface area contributed by atoms with Gasteiger partial charge in [0.2, 0.25) is 0 Å². The van der Waals surface area contributed by atoms with Crippen molar-refractivity contribution in [2.75, 3.05) is 0 Å². The van der Waals surface area contributed by atoms with Crippen LogP contribution in [0, 0.1) is 0 Å². The van der Waals surface area contributed by atoms with Crippen molar-refractivity contribution in [3.8, 4) is 5.75 Å². The summed E-state index contributed by atoms with van der Waals surface area (Å²) in [6, 6.07) is 9.07. The van der Waals surface area contributed by atoms with Crippen LogP contribution in [0.4, 0.5) is 0 Å². The number of hydrogen-bond acceptors (Lipinski definition) is 3. The number of carbonyl (C=O) groups excluding carboxylic acids is 1. The lowest BCUT2D eigenvalue weighted by Crippen LogP contribution is -2.49. The van der Waals surface area contributed by atoms with Gasteiger partial charge in [-0.15, -0.1) is 0 Å². The highest BCUT2D eigenvalue weighted by Gasteiger charge is 2.30. The molecule has 1 N–H and O–H groups in total. The molecule has 1 aliphatic rings. The number of benzene rings is 1. The minimum absolute atomic E-state index is 0.278. The van der Waals surface area contributed by atoms with Crippen LogP contribution in [0.3, 0.4) is 0 Å². The molecule has 3 nitrogen and oxygen atoms in total. The van der Waals surface area contributed by atoms with Crippen LogP contribution in [0.2, 0.25) is 0 Å². The molecule has 0 amide bonds. The van der Waals surface area contributed by atoms with E-state index in [1.165, 1.54) is 0 Å². The standard InChI is InChI=1S/C17H25NO2/c1-4-15(19)9-13-5-7-16(8-6-13)20-17-10-14(11-17)18-12(2)3/h5-8,12,14,17-18H,4,9-11H2,1-3H3/t14-,17-. The molecule has 0 atom stereocenters. The maximum Gasteiger partial charge on any atom is 0.136 e. The lowest BCUT2D eigenvalue weighted by Gasteiger charge is -2.37. The van der Waals surface area contributed by atoms with Crippen LogP contribution >= 0.6 is 0 Å². The van der Waals surface area contributed by atoms with Crippen molar-refractivity contribution in [2.45, 2.75) is 64.6 Å². The summed E-state index contributed by atoms with van der Waals surface area (Å²) in [6.45, 7) is 6.24. The van der Waals surface area contributed by atoms with Crippen LogP contribution in [0.1, 0.15) is 45.6 Å². The summed E-state index contributed by atoms with van der Waals surface area (Å²) < 4.78 is 5.92. The Bertz CT molecular complexity index is 433. The summed E-state index contributed by atoms with van der Waals surface area (Å²) >= 11 is 0. The van der Waals surface area contributed by atoms with Crippen molar-refractivity contribution in [1.82, 2.24) is 5.32 Å². The van der Waals surface area contributed by atoms with Gasteiger partial charge in [0.05, 0.1) is 0 Å². The molecule has 0 spiro atoms. The maximum absolute atomic E-state index is 11.4. The van der Waals surface area contributed by atoms with Crippen LogP contribution in [0.15, 0.2) is 24.3 Å². The van der Waals surface area contributed by atoms with Crippen LogP contribution in [0.5, 0.6) is 5.75 Å². The van der Waals surface area contributed by atoms with Crippen molar-refractivity contribution >= 4 is 5.78 Å². The van der Waals surface area contributed by atoms with E-state index in [1.807, 2.05) is 31.2 Å². The van der Waals surface area contributed by atoms with Gasteiger partial charge in [-0.1, -0.05) is 32.9 Å². The monoisotopic (exact) mass is 275 g/mol. The topological polar surface area (TPSA) is 38.3 Å². The molecule has 1 fully saturated rings. The summed E-state index contributed by atoms with van der Waals surface area (Å²) in [5.74, 6) is 1.19. The largest absolute Gasteiger partial charge is 0.490 e. The van der Waals surface area contributed by atoms with Crippen LogP contribution in [-0.4, -0.2) is 24.0 Å². The van der Waals surface area contributed by atoms with Crippen molar-refractivity contribution < 1.29 is 9.53 Å². The summed E-state index contributed by atoms with van der Waals surface area (Å²) in [7, 11) is 0. The Morgan fingerprint density at radius 3 is 2.50 bits per heavy atom. The highest BCUT2D eigenvalue weighted by atomic mass is 16.5. The Morgan fingerprint density at radius 1 is 1.30 bits per heavy atom. The number of ether oxygens (including phenoxy) is 1. The molecule has 0 unspecified atom stereocenters. The molecular formula is C17H25NO2. The molecule has 20 heavy (non-hydrogen) atoms. The number of nitrogens with one attached hydrogen (secondary N) is 1. The molecule has 1 aromatic rings. The molecule has 0 heterocycles. The summed E-state index contributed by atoms with van der Waals surface area (Å²) in [6.07, 6.45) is 3.61. The smallest absolute Gasteiger partial charge is 0.136 e. The second kappa shape index (κ2) is 6.89. The van der Waals surface area contributed by atoms with Gasteiger partial charge in [0, 0.05) is 24.9 Å². The van der Waals surface area contributed by atoms with E-state index < -0.39 is 0 Å². The van der Waals surface area contributed by atoms with E-state index in [1.54, 1.807) is 0 Å². The SMILES string of the molecule is CCC(=O)Cc1ccc(O[C@H]2C[C@H](NC(C)C)C2)cc1. The van der Waals surface area contributed by atoms with E-state index in [4.69, 9.17) is 4.74 Å². The third-order valence-electron chi connectivity index (χ3n) is 3.69. The molecule has 1 saturated carbocycles. The quantitative estimate of drug-likeness (QED) is 0.831. The van der Waals surface area contributed by atoms with E-state index in [2.05, 4.69) is 19.2 Å². The molecule has 2 rings (SSSR count). The third kappa shape index (κ3) is 4.34. The first kappa shape index (κ1) is 15.0. The molecule has 110 valence electrons. The number of carbonyl (C=O) groups is 1. The molecule has 0 aliphatic heterocycles. The molecular weight excluding hydrogens is 250 g/mol. The second-order valence-electron chi connectivity index (χ2n) is 5.94. The lowest BCUT2D eigenvalue weighted by atomic mass is 9.88. The number of Topliss-reactive ketones (excluding diaryl/α,β-unsaturated/α-hetero) is 1. The minimum Gasteiger partial charge on any atom is -0.490 e. The van der Waals surface area contributed by atoms with E-state index in [9.17, 15) is 4.79 Å². The van der Waals surface area contributed by atoms with Crippen molar-refractivity contribution in [3.05, 3.63) is 29.8 Å². The molecule has 0 aromatic heterocycles. The fraction of sp³-hybridized carbons (Fsp3) is 0.588. The zero-order valence-corrected chi connectivity index (χ0v) is 12.7. The van der Waals surface area contributed by atoms with Crippen LogP contribution < -0.4 is 10.1 Å². The Labute approximate surface area is 121 Å². The molecule has 1 aromatic carbocycles. The summed E-state index contributed by atoms with van der Waals surface area (Å²) in [5, 5.41) is 3.51. The summed E-state index contributed by atoms with van der Waals surface area (Å²) in [4.78, 5) is 11.4. The molecule has 3 heteroatoms. The first-order valence-electron chi connectivity index (χ1n) is 7.60. The van der Waals surface area contributed by atoms with Crippen molar-refractivity contribution in [3.63, 3.8) is 0 Å². The van der Waals surface area contributed by atoms with Gasteiger partial charge in [0.15, 0.2) is 0 Å². The van der Waals surface area contributed by atoms with Crippen molar-refractivity contribution in [1.29, 1.82) is 0 Å². The first-order chi connectivity index (χ1) is 9.56. The molecule has 0 bridgehead atoms. The summed E-state index contributed by atoms with van der Waals surface area (Å²) in [5.41, 5.74) is 1.07. The number of ketones is 1.